The summed E-state index contributed by atoms with van der Waals surface area (Å²) in [7, 11) is -5.23. The van der Waals surface area contributed by atoms with Crippen molar-refractivity contribution >= 4 is 25.2 Å². The Hall–Kier alpha value is -0.300. The minimum atomic E-state index is -5.23. The van der Waals surface area contributed by atoms with E-state index in [2.05, 4.69) is 0 Å². The van der Waals surface area contributed by atoms with E-state index >= 15 is 0 Å². The number of hydrogen-bond acceptors (Lipinski definition) is 5. The van der Waals surface area contributed by atoms with Gasteiger partial charge in [-0.15, -0.1) is 0 Å². The van der Waals surface area contributed by atoms with E-state index in [4.69, 9.17) is 4.52 Å². The first-order valence-corrected chi connectivity index (χ1v) is 10.1. The van der Waals surface area contributed by atoms with Crippen molar-refractivity contribution in [3.8, 4) is 0 Å². The van der Waals surface area contributed by atoms with Crippen LogP contribution in [0.25, 0.3) is 5.57 Å². The smallest absolute Gasteiger partial charge is 0.780 e. The Morgan fingerprint density at radius 2 is 1.11 bits per heavy atom. The summed E-state index contributed by atoms with van der Waals surface area (Å²) in [6.45, 7) is 0. The summed E-state index contributed by atoms with van der Waals surface area (Å²) >= 11 is 1.10. The zero-order chi connectivity index (χ0) is 18.4. The second-order valence-corrected chi connectivity index (χ2v) is 7.47. The summed E-state index contributed by atoms with van der Waals surface area (Å²) in [5, 5.41) is 0.0296. The van der Waals surface area contributed by atoms with Crippen LogP contribution in [0, 0.1) is 0 Å². The van der Waals surface area contributed by atoms with Gasteiger partial charge in [0.2, 0.25) is 0 Å². The molecule has 0 bridgehead atoms. The van der Waals surface area contributed by atoms with E-state index in [-0.39, 0.29) is 64.2 Å². The molecule has 0 aliphatic carbocycles. The Labute approximate surface area is 213 Å². The fourth-order valence-corrected chi connectivity index (χ4v) is 3.99. The minimum absolute atomic E-state index is 0. The normalized spacial score (nSPS) is 10.2. The molecule has 3 rings (SSSR count). The van der Waals surface area contributed by atoms with Crippen LogP contribution in [0.2, 0.25) is 0 Å². The van der Waals surface area contributed by atoms with Gasteiger partial charge in [0.15, 0.2) is 5.09 Å². The first-order valence-electron chi connectivity index (χ1n) is 7.82. The maximum absolute atomic E-state index is 11.4. The zero-order valence-electron chi connectivity index (χ0n) is 15.6. The molecule has 3 aromatic carbocycles. The van der Waals surface area contributed by atoms with E-state index in [0.29, 0.717) is 5.57 Å². The van der Waals surface area contributed by atoms with Crippen LogP contribution in [0.3, 0.4) is 0 Å². The zero-order valence-corrected chi connectivity index (χ0v) is 21.4. The molecule has 0 fully saturated rings. The maximum atomic E-state index is 11.4. The number of hydrogen-bond donors (Lipinski definition) is 0. The summed E-state index contributed by atoms with van der Waals surface area (Å²) in [4.78, 5) is 23.6. The Kier molecular flexibility index (Phi) is 11.4. The molecule has 0 aromatic heterocycles. The van der Waals surface area contributed by atoms with E-state index in [1.165, 1.54) is 0 Å². The van der Waals surface area contributed by atoms with E-state index in [1.807, 2.05) is 91.0 Å². The van der Waals surface area contributed by atoms with Gasteiger partial charge in [0.1, 0.15) is 7.82 Å². The molecule has 4 nitrogen and oxygen atoms in total. The van der Waals surface area contributed by atoms with E-state index in [0.717, 1.165) is 27.8 Å². The van der Waals surface area contributed by atoms with E-state index in [9.17, 15) is 14.4 Å². The molecule has 132 valence electrons. The predicted molar refractivity (Wildman–Crippen MR) is 99.9 cm³/mol. The van der Waals surface area contributed by atoms with E-state index < -0.39 is 7.82 Å². The van der Waals surface area contributed by atoms with Crippen LogP contribution in [0.4, 0.5) is 0 Å². The summed E-state index contributed by atoms with van der Waals surface area (Å²) in [6.07, 6.45) is 0. The third-order valence-corrected chi connectivity index (χ3v) is 4.99. The number of thioether (sulfide) groups is 1. The summed E-state index contributed by atoms with van der Waals surface area (Å²) < 4.78 is 16.3. The van der Waals surface area contributed by atoms with Crippen LogP contribution < -0.4 is 68.9 Å². The molecule has 0 unspecified atom stereocenters. The Morgan fingerprint density at radius 3 is 1.50 bits per heavy atom. The second kappa shape index (κ2) is 12.4. The van der Waals surface area contributed by atoms with Gasteiger partial charge in [-0.2, -0.15) is 0 Å². The van der Waals surface area contributed by atoms with Crippen LogP contribution in [0.15, 0.2) is 101 Å². The van der Waals surface area contributed by atoms with Crippen LogP contribution in [-0.4, -0.2) is 0 Å². The quantitative estimate of drug-likeness (QED) is 0.198. The Bertz CT molecular complexity index is 891. The fraction of sp³-hybridized carbons (Fsp3) is 0. The molecule has 3 aromatic rings. The largest absolute Gasteiger partial charge is 1.00 e. The molecule has 0 amide bonds. The molecule has 0 saturated heterocycles. The molecule has 0 atom stereocenters. The van der Waals surface area contributed by atoms with Crippen LogP contribution in [0.5, 0.6) is 0 Å². The molecule has 0 saturated carbocycles. The minimum Gasteiger partial charge on any atom is -0.780 e. The van der Waals surface area contributed by atoms with Crippen molar-refractivity contribution < 1.29 is 78.0 Å². The third-order valence-electron chi connectivity index (χ3n) is 3.48. The molecular formula is C20H15Na2O4PS. The SMILES string of the molecule is O=P([O-])([O-])OC(Sc1ccccc1)=C(c1ccccc1)c1ccccc1.[Na+].[Na+]. The van der Waals surface area contributed by atoms with Crippen molar-refractivity contribution in [3.05, 3.63) is 107 Å². The van der Waals surface area contributed by atoms with Crippen molar-refractivity contribution in [2.24, 2.45) is 0 Å². The van der Waals surface area contributed by atoms with Crippen molar-refractivity contribution in [1.29, 1.82) is 0 Å². The first-order chi connectivity index (χ1) is 12.5. The topological polar surface area (TPSA) is 72.4 Å². The molecule has 0 heterocycles. The van der Waals surface area contributed by atoms with Crippen molar-refractivity contribution in [2.75, 3.05) is 0 Å². The van der Waals surface area contributed by atoms with Gasteiger partial charge in [-0.05, 0) is 23.3 Å². The van der Waals surface area contributed by atoms with Gasteiger partial charge in [0, 0.05) is 10.5 Å². The molecule has 0 aliphatic rings. The number of phosphoric ester groups is 1. The van der Waals surface area contributed by atoms with Gasteiger partial charge in [-0.3, -0.25) is 0 Å². The van der Waals surface area contributed by atoms with Crippen LogP contribution in [0.1, 0.15) is 11.1 Å². The third kappa shape index (κ3) is 7.85. The fourth-order valence-electron chi connectivity index (χ4n) is 2.42. The molecule has 28 heavy (non-hydrogen) atoms. The van der Waals surface area contributed by atoms with Gasteiger partial charge in [-0.25, -0.2) is 0 Å². The molecule has 0 N–H and O–H groups in total. The van der Waals surface area contributed by atoms with Crippen LogP contribution in [-0.2, 0) is 9.09 Å². The van der Waals surface area contributed by atoms with Gasteiger partial charge in [0.05, 0.1) is 0 Å². The van der Waals surface area contributed by atoms with Crippen molar-refractivity contribution in [1.82, 2.24) is 0 Å². The van der Waals surface area contributed by atoms with Crippen molar-refractivity contribution in [2.45, 2.75) is 4.90 Å². The molecule has 0 radical (unpaired) electrons. The Balaban J connectivity index is 0.00000196. The monoisotopic (exact) mass is 428 g/mol. The average Bonchev–Trinajstić information content (AvgIpc) is 2.63. The van der Waals surface area contributed by atoms with Gasteiger partial charge < -0.3 is 18.9 Å². The number of rotatable bonds is 6. The van der Waals surface area contributed by atoms with Gasteiger partial charge in [0.25, 0.3) is 0 Å². The predicted octanol–water partition coefficient (Wildman–Crippen LogP) is -1.95. The molecule has 0 aliphatic heterocycles. The summed E-state index contributed by atoms with van der Waals surface area (Å²) in [5.41, 5.74) is 2.06. The Morgan fingerprint density at radius 1 is 0.714 bits per heavy atom. The average molecular weight is 428 g/mol. The van der Waals surface area contributed by atoms with Crippen LogP contribution >= 0.6 is 19.6 Å². The summed E-state index contributed by atoms with van der Waals surface area (Å²) in [5.74, 6) is 0. The first kappa shape index (κ1) is 25.7. The van der Waals surface area contributed by atoms with E-state index in [1.54, 1.807) is 0 Å². The number of phosphoric acid groups is 1. The maximum Gasteiger partial charge on any atom is 1.00 e. The second-order valence-electron chi connectivity index (χ2n) is 5.35. The summed E-state index contributed by atoms with van der Waals surface area (Å²) in [6, 6.07) is 27.6. The molecule has 8 heteroatoms. The van der Waals surface area contributed by atoms with Crippen molar-refractivity contribution in [3.63, 3.8) is 0 Å². The molecule has 0 spiro atoms. The van der Waals surface area contributed by atoms with Gasteiger partial charge in [-0.1, -0.05) is 90.6 Å². The van der Waals surface area contributed by atoms with Gasteiger partial charge >= 0.3 is 59.1 Å². The molecular weight excluding hydrogens is 413 g/mol. The standard InChI is InChI=1S/C20H17O4PS.2Na/c21-25(22,23)24-20(26-18-14-8-3-9-15-18)19(16-10-4-1-5-11-16)17-12-6-2-7-13-17;;/h1-15H,(H2,21,22,23);;/q;2*+1/p-2. The number of benzene rings is 3.